The van der Waals surface area contributed by atoms with Gasteiger partial charge in [-0.05, 0) is 23.3 Å². The minimum Gasteiger partial charge on any atom is -0.872 e. The third-order valence-electron chi connectivity index (χ3n) is 3.55. The minimum atomic E-state index is -1.30. The number of imidazole rings is 1. The van der Waals surface area contributed by atoms with Crippen LogP contribution >= 0.6 is 0 Å². The zero-order valence-corrected chi connectivity index (χ0v) is 15.5. The number of hydrogen-bond donors (Lipinski definition) is 2. The van der Waals surface area contributed by atoms with Gasteiger partial charge >= 0.3 is 17.1 Å². The smallest absolute Gasteiger partial charge is 0.872 e. The summed E-state index contributed by atoms with van der Waals surface area (Å²) in [6.07, 6.45) is 4.44. The number of nitrogens with one attached hydrogen (secondary N) is 1. The Hall–Kier alpha value is -2.67. The predicted octanol–water partition coefficient (Wildman–Crippen LogP) is 0.413. The number of rotatable bonds is 5. The normalized spacial score (nSPS) is 11.5. The van der Waals surface area contributed by atoms with Crippen LogP contribution in [-0.4, -0.2) is 39.9 Å². The molecule has 2 aromatic carbocycles. The summed E-state index contributed by atoms with van der Waals surface area (Å²) in [5.41, 5.74) is 1.01. The first-order chi connectivity index (χ1) is 12.6. The summed E-state index contributed by atoms with van der Waals surface area (Å²) in [6.45, 7) is 1.93. The molecular weight excluding hydrogens is 398 g/mol. The van der Waals surface area contributed by atoms with Gasteiger partial charge in [0.15, 0.2) is 0 Å². The number of carbonyl (C=O) groups is 1. The van der Waals surface area contributed by atoms with Crippen LogP contribution in [0.2, 0.25) is 0 Å². The van der Waals surface area contributed by atoms with Crippen molar-refractivity contribution in [2.75, 3.05) is 6.61 Å². The van der Waals surface area contributed by atoms with E-state index in [9.17, 15) is 15.0 Å². The van der Waals surface area contributed by atoms with Crippen LogP contribution in [0.3, 0.4) is 0 Å². The Morgan fingerprint density at radius 1 is 1.33 bits per heavy atom. The molecule has 0 amide bonds. The van der Waals surface area contributed by atoms with Gasteiger partial charge in [0, 0.05) is 31.1 Å². The molecule has 8 heteroatoms. The van der Waals surface area contributed by atoms with Gasteiger partial charge in [-0.2, -0.15) is 0 Å². The van der Waals surface area contributed by atoms with Gasteiger partial charge < -0.3 is 25.1 Å². The van der Waals surface area contributed by atoms with Crippen LogP contribution in [0.5, 0.6) is 5.75 Å². The number of aromatic amines is 1. The zero-order valence-electron chi connectivity index (χ0n) is 14.6. The first-order valence-electron chi connectivity index (χ1n) is 8.07. The molecule has 0 saturated heterocycles. The van der Waals surface area contributed by atoms with Crippen molar-refractivity contribution in [3.63, 3.8) is 0 Å². The van der Waals surface area contributed by atoms with E-state index in [0.717, 1.165) is 10.8 Å². The number of aliphatic hydroxyl groups excluding tert-OH is 1. The molecule has 0 fully saturated rings. The van der Waals surface area contributed by atoms with Gasteiger partial charge in [0.2, 0.25) is 0 Å². The van der Waals surface area contributed by atoms with Crippen molar-refractivity contribution < 1.29 is 37.2 Å². The van der Waals surface area contributed by atoms with Crippen molar-refractivity contribution >= 4 is 23.0 Å². The van der Waals surface area contributed by atoms with Gasteiger partial charge in [0.25, 0.3) is 0 Å². The molecule has 145 valence electrons. The monoisotopic (exact) mass is 416 g/mol. The molecule has 0 bridgehead atoms. The van der Waals surface area contributed by atoms with E-state index in [2.05, 4.69) is 15.0 Å². The summed E-state index contributed by atoms with van der Waals surface area (Å²) in [7, 11) is 0. The largest absolute Gasteiger partial charge is 2.00 e. The van der Waals surface area contributed by atoms with Crippen LogP contribution in [0.1, 0.15) is 18.2 Å². The molecule has 0 aliphatic rings. The van der Waals surface area contributed by atoms with E-state index >= 15 is 0 Å². The molecule has 2 N–H and O–H groups in total. The second-order valence-corrected chi connectivity index (χ2v) is 5.41. The van der Waals surface area contributed by atoms with Gasteiger partial charge in [-0.25, -0.2) is 4.98 Å². The van der Waals surface area contributed by atoms with Crippen molar-refractivity contribution in [2.24, 2.45) is 4.99 Å². The van der Waals surface area contributed by atoms with Crippen molar-refractivity contribution in [3.05, 3.63) is 60.2 Å². The number of H-pyrrole nitrogens is 1. The number of carbonyl (C=O) groups excluding carboxylic acids is 1. The molecule has 0 aliphatic carbocycles. The summed E-state index contributed by atoms with van der Waals surface area (Å²) >= 11 is 0. The Morgan fingerprint density at radius 2 is 2.04 bits per heavy atom. The number of aliphatic carboxylic acids is 1. The third-order valence-corrected chi connectivity index (χ3v) is 3.55. The van der Waals surface area contributed by atoms with E-state index in [0.29, 0.717) is 11.3 Å². The standard InChI is InChI=1S/C17H15N3O3.C2H6O.Cu/c21-16-6-5-11-3-1-2-4-13(11)14(16)9-19-15(17(22)23)7-12-8-18-10-20-12;1-2-3;/h1-6,8-10,15,21H,7H2,(H,18,20)(H,22,23);3H,2H2,1H3;/q;;+2/p-2/t15-;;/m0../s1. The van der Waals surface area contributed by atoms with E-state index in [-0.39, 0.29) is 35.8 Å². The van der Waals surface area contributed by atoms with E-state index in [1.54, 1.807) is 19.1 Å². The zero-order chi connectivity index (χ0) is 18.9. The maximum Gasteiger partial charge on any atom is 2.00 e. The fourth-order valence-electron chi connectivity index (χ4n) is 2.37. The van der Waals surface area contributed by atoms with Gasteiger partial charge in [-0.3, -0.25) is 4.99 Å². The Bertz CT molecular complexity index is 882. The van der Waals surface area contributed by atoms with Crippen molar-refractivity contribution in [2.45, 2.75) is 19.4 Å². The summed E-state index contributed by atoms with van der Waals surface area (Å²) < 4.78 is 0. The molecule has 1 aromatic heterocycles. The SMILES string of the molecule is CCO.O=C([O-])[C@H](Cc1cnc[nH]1)N=Cc1c([O-])ccc2ccccc12.[Cu+2]. The molecule has 0 aliphatic heterocycles. The number of aromatic nitrogens is 2. The molecule has 7 nitrogen and oxygen atoms in total. The molecule has 3 aromatic rings. The van der Waals surface area contributed by atoms with E-state index < -0.39 is 12.0 Å². The van der Waals surface area contributed by atoms with E-state index in [1.165, 1.54) is 24.8 Å². The fourth-order valence-corrected chi connectivity index (χ4v) is 2.37. The quantitative estimate of drug-likeness (QED) is 0.460. The first-order valence-corrected chi connectivity index (χ1v) is 8.07. The Balaban J connectivity index is 0.000000855. The molecule has 27 heavy (non-hydrogen) atoms. The Labute approximate surface area is 167 Å². The number of benzene rings is 2. The van der Waals surface area contributed by atoms with Crippen LogP contribution in [-0.2, 0) is 28.3 Å². The number of carboxylic acids is 1. The minimum absolute atomic E-state index is 0. The summed E-state index contributed by atoms with van der Waals surface area (Å²) in [5.74, 6) is -1.50. The second kappa shape index (κ2) is 11.1. The van der Waals surface area contributed by atoms with Gasteiger partial charge in [0.1, 0.15) is 0 Å². The summed E-state index contributed by atoms with van der Waals surface area (Å²) in [5, 5.41) is 32.5. The Kier molecular flexibility index (Phi) is 9.22. The molecule has 1 radical (unpaired) electrons. The van der Waals surface area contributed by atoms with Crippen LogP contribution in [0.4, 0.5) is 0 Å². The molecule has 3 rings (SSSR count). The number of aliphatic hydroxyl groups is 1. The van der Waals surface area contributed by atoms with Crippen LogP contribution in [0.25, 0.3) is 10.8 Å². The van der Waals surface area contributed by atoms with Gasteiger partial charge in [0.05, 0.1) is 18.3 Å². The van der Waals surface area contributed by atoms with Crippen molar-refractivity contribution in [3.8, 4) is 5.75 Å². The Morgan fingerprint density at radius 3 is 2.67 bits per heavy atom. The van der Waals surface area contributed by atoms with Crippen LogP contribution < -0.4 is 10.2 Å². The molecule has 0 saturated carbocycles. The second-order valence-electron chi connectivity index (χ2n) is 5.41. The molecule has 1 heterocycles. The average Bonchev–Trinajstić information content (AvgIpc) is 3.13. The van der Waals surface area contributed by atoms with E-state index in [4.69, 9.17) is 5.11 Å². The molecular formula is C19H19CuN3O4. The van der Waals surface area contributed by atoms with Crippen molar-refractivity contribution in [1.29, 1.82) is 0 Å². The number of carboxylic acid groups (broad SMARTS) is 1. The third kappa shape index (κ3) is 6.21. The maximum absolute atomic E-state index is 12.1. The summed E-state index contributed by atoms with van der Waals surface area (Å²) in [4.78, 5) is 22.0. The topological polar surface area (TPSA) is 124 Å². The number of aliphatic imine (C=N–C) groups is 1. The number of nitrogens with zero attached hydrogens (tertiary/aromatic N) is 2. The van der Waals surface area contributed by atoms with Crippen molar-refractivity contribution in [1.82, 2.24) is 9.97 Å². The van der Waals surface area contributed by atoms with Crippen LogP contribution in [0, 0.1) is 0 Å². The number of fused-ring (bicyclic) bond motifs is 1. The van der Waals surface area contributed by atoms with Crippen LogP contribution in [0.15, 0.2) is 53.9 Å². The maximum atomic E-state index is 12.1. The van der Waals surface area contributed by atoms with Gasteiger partial charge in [-0.1, -0.05) is 42.1 Å². The molecule has 1 atom stereocenters. The van der Waals surface area contributed by atoms with E-state index in [1.807, 2.05) is 18.2 Å². The molecule has 0 unspecified atom stereocenters. The fraction of sp³-hybridized carbons (Fsp3) is 0.211. The van der Waals surface area contributed by atoms with Gasteiger partial charge in [-0.15, -0.1) is 0 Å². The summed E-state index contributed by atoms with van der Waals surface area (Å²) in [6, 6.07) is 9.47. The predicted molar refractivity (Wildman–Crippen MR) is 94.8 cm³/mol. The molecule has 0 spiro atoms. The number of hydrogen-bond acceptors (Lipinski definition) is 6. The average molecular weight is 417 g/mol. The first kappa shape index (κ1) is 22.4.